The number of halogens is 3. The summed E-state index contributed by atoms with van der Waals surface area (Å²) in [5, 5.41) is 2.74. The smallest absolute Gasteiger partial charge is 0.376 e. The van der Waals surface area contributed by atoms with E-state index in [1.165, 1.54) is 12.1 Å². The highest BCUT2D eigenvalue weighted by Gasteiger charge is 2.30. The molecule has 0 radical (unpaired) electrons. The summed E-state index contributed by atoms with van der Waals surface area (Å²) in [6.07, 6.45) is -4.53. The molecule has 3 nitrogen and oxygen atoms in total. The van der Waals surface area contributed by atoms with Gasteiger partial charge in [0.15, 0.2) is 0 Å². The minimum atomic E-state index is -4.41. The van der Waals surface area contributed by atoms with Crippen LogP contribution in [-0.2, 0) is 17.4 Å². The minimum absolute atomic E-state index is 0.119. The first-order valence-corrected chi connectivity index (χ1v) is 6.99. The van der Waals surface area contributed by atoms with E-state index in [2.05, 4.69) is 5.32 Å². The number of para-hydroxylation sites is 2. The normalized spacial score (nSPS) is 11.2. The Hall–Kier alpha value is -2.50. The number of amides is 1. The van der Waals surface area contributed by atoms with E-state index in [1.54, 1.807) is 12.1 Å². The fourth-order valence-electron chi connectivity index (χ4n) is 2.21. The average molecular weight is 322 g/mol. The Morgan fingerprint density at radius 2 is 1.78 bits per heavy atom. The molecule has 23 heavy (non-hydrogen) atoms. The van der Waals surface area contributed by atoms with Crippen molar-refractivity contribution in [1.29, 1.82) is 0 Å². The van der Waals surface area contributed by atoms with Crippen LogP contribution in [0.5, 0.6) is 0 Å². The molecule has 2 aromatic carbocycles. The molecular weight excluding hydrogens is 305 g/mol. The highest BCUT2D eigenvalue weighted by atomic mass is 19.4. The number of hydrogen-bond acceptors (Lipinski definition) is 2. The summed E-state index contributed by atoms with van der Waals surface area (Å²) in [5.74, 6) is -0.362. The van der Waals surface area contributed by atoms with Crippen molar-refractivity contribution in [1.82, 2.24) is 0 Å². The molecule has 0 heterocycles. The van der Waals surface area contributed by atoms with Crippen molar-refractivity contribution in [3.8, 4) is 0 Å². The van der Waals surface area contributed by atoms with E-state index in [9.17, 15) is 18.0 Å². The zero-order valence-electron chi connectivity index (χ0n) is 12.8. The maximum atomic E-state index is 12.7. The monoisotopic (exact) mass is 322 g/mol. The van der Waals surface area contributed by atoms with Gasteiger partial charge in [0.25, 0.3) is 0 Å². The second-order valence-electron chi connectivity index (χ2n) is 5.33. The number of rotatable bonds is 4. The van der Waals surface area contributed by atoms with Crippen molar-refractivity contribution < 1.29 is 18.0 Å². The molecule has 0 fully saturated rings. The van der Waals surface area contributed by atoms with Crippen molar-refractivity contribution in [3.05, 3.63) is 59.7 Å². The minimum Gasteiger partial charge on any atom is -0.376 e. The summed E-state index contributed by atoms with van der Waals surface area (Å²) < 4.78 is 38.1. The van der Waals surface area contributed by atoms with Crippen LogP contribution in [0.1, 0.15) is 11.1 Å². The molecule has 2 rings (SSSR count). The van der Waals surface area contributed by atoms with Crippen LogP contribution in [0.25, 0.3) is 0 Å². The third kappa shape index (κ3) is 4.48. The van der Waals surface area contributed by atoms with Gasteiger partial charge in [0.05, 0.1) is 23.4 Å². The molecule has 0 bridgehead atoms. The SMILES string of the molecule is CN(C)c1ccccc1NC(=O)Cc1cccc(C(F)(F)F)c1. The number of alkyl halides is 3. The van der Waals surface area contributed by atoms with Gasteiger partial charge in [-0.15, -0.1) is 0 Å². The predicted molar refractivity (Wildman–Crippen MR) is 84.5 cm³/mol. The third-order valence-electron chi connectivity index (χ3n) is 3.28. The van der Waals surface area contributed by atoms with E-state index >= 15 is 0 Å². The number of carbonyl (C=O) groups excluding carboxylic acids is 1. The standard InChI is InChI=1S/C17H17F3N2O/c1-22(2)15-9-4-3-8-14(15)21-16(23)11-12-6-5-7-13(10-12)17(18,19)20/h3-10H,11H2,1-2H3,(H,21,23). The van der Waals surface area contributed by atoms with Crippen LogP contribution in [0.3, 0.4) is 0 Å². The molecule has 122 valence electrons. The van der Waals surface area contributed by atoms with Crippen molar-refractivity contribution in [3.63, 3.8) is 0 Å². The summed E-state index contributed by atoms with van der Waals surface area (Å²) in [4.78, 5) is 14.0. The van der Waals surface area contributed by atoms with Crippen LogP contribution in [0, 0.1) is 0 Å². The second-order valence-corrected chi connectivity index (χ2v) is 5.33. The first kappa shape index (κ1) is 16.9. The molecule has 0 aliphatic heterocycles. The van der Waals surface area contributed by atoms with Crippen molar-refractivity contribution >= 4 is 17.3 Å². The Balaban J connectivity index is 2.12. The molecule has 0 unspecified atom stereocenters. The number of hydrogen-bond donors (Lipinski definition) is 1. The van der Waals surface area contributed by atoms with E-state index in [1.807, 2.05) is 31.1 Å². The van der Waals surface area contributed by atoms with E-state index < -0.39 is 11.7 Å². The second kappa shape index (κ2) is 6.73. The van der Waals surface area contributed by atoms with Crippen molar-refractivity contribution in [2.75, 3.05) is 24.3 Å². The number of benzene rings is 2. The fourth-order valence-corrected chi connectivity index (χ4v) is 2.21. The summed E-state index contributed by atoms with van der Waals surface area (Å²) in [6.45, 7) is 0. The van der Waals surface area contributed by atoms with Crippen LogP contribution in [0.4, 0.5) is 24.5 Å². The van der Waals surface area contributed by atoms with Crippen LogP contribution >= 0.6 is 0 Å². The Morgan fingerprint density at radius 3 is 2.43 bits per heavy atom. The molecule has 0 spiro atoms. The summed E-state index contributed by atoms with van der Waals surface area (Å²) >= 11 is 0. The number of anilines is 2. The van der Waals surface area contributed by atoms with Crippen LogP contribution < -0.4 is 10.2 Å². The van der Waals surface area contributed by atoms with Gasteiger partial charge >= 0.3 is 6.18 Å². The van der Waals surface area contributed by atoms with Gasteiger partial charge in [-0.2, -0.15) is 13.2 Å². The number of nitrogens with one attached hydrogen (secondary N) is 1. The van der Waals surface area contributed by atoms with Crippen LogP contribution in [0.2, 0.25) is 0 Å². The Morgan fingerprint density at radius 1 is 1.09 bits per heavy atom. The van der Waals surface area contributed by atoms with E-state index in [4.69, 9.17) is 0 Å². The molecule has 0 saturated heterocycles. The molecule has 0 saturated carbocycles. The number of nitrogens with zero attached hydrogens (tertiary/aromatic N) is 1. The van der Waals surface area contributed by atoms with Gasteiger partial charge in [-0.1, -0.05) is 30.3 Å². The molecule has 6 heteroatoms. The zero-order valence-corrected chi connectivity index (χ0v) is 12.8. The molecule has 0 aliphatic carbocycles. The lowest BCUT2D eigenvalue weighted by Crippen LogP contribution is -2.18. The molecule has 0 atom stereocenters. The van der Waals surface area contributed by atoms with Gasteiger partial charge in [-0.05, 0) is 23.8 Å². The predicted octanol–water partition coefficient (Wildman–Crippen LogP) is 3.95. The lowest BCUT2D eigenvalue weighted by atomic mass is 10.1. The zero-order chi connectivity index (χ0) is 17.0. The Labute approximate surface area is 132 Å². The molecule has 1 N–H and O–H groups in total. The highest BCUT2D eigenvalue weighted by Crippen LogP contribution is 2.29. The third-order valence-corrected chi connectivity index (χ3v) is 3.28. The first-order valence-electron chi connectivity index (χ1n) is 6.99. The fraction of sp³-hybridized carbons (Fsp3) is 0.235. The van der Waals surface area contributed by atoms with Crippen molar-refractivity contribution in [2.45, 2.75) is 12.6 Å². The number of carbonyl (C=O) groups is 1. The topological polar surface area (TPSA) is 32.3 Å². The molecule has 1 amide bonds. The van der Waals surface area contributed by atoms with Crippen LogP contribution in [0.15, 0.2) is 48.5 Å². The van der Waals surface area contributed by atoms with Gasteiger partial charge in [0.2, 0.25) is 5.91 Å². The molecule has 0 aliphatic rings. The maximum Gasteiger partial charge on any atom is 0.416 e. The highest BCUT2D eigenvalue weighted by molar-refractivity contribution is 5.95. The quantitative estimate of drug-likeness (QED) is 0.924. The molecular formula is C17H17F3N2O. The van der Waals surface area contributed by atoms with E-state index in [0.29, 0.717) is 11.3 Å². The van der Waals surface area contributed by atoms with Gasteiger partial charge < -0.3 is 10.2 Å². The van der Waals surface area contributed by atoms with Gasteiger partial charge in [-0.3, -0.25) is 4.79 Å². The maximum absolute atomic E-state index is 12.7. The summed E-state index contributed by atoms with van der Waals surface area (Å²) in [6, 6.07) is 12.0. The molecule has 2 aromatic rings. The Kier molecular flexibility index (Phi) is 4.93. The largest absolute Gasteiger partial charge is 0.416 e. The lowest BCUT2D eigenvalue weighted by Gasteiger charge is -2.17. The van der Waals surface area contributed by atoms with E-state index in [0.717, 1.165) is 17.8 Å². The average Bonchev–Trinajstić information content (AvgIpc) is 2.46. The molecule has 0 aromatic heterocycles. The first-order chi connectivity index (χ1) is 10.8. The van der Waals surface area contributed by atoms with Gasteiger partial charge in [0, 0.05) is 14.1 Å². The van der Waals surface area contributed by atoms with E-state index in [-0.39, 0.29) is 12.3 Å². The van der Waals surface area contributed by atoms with Crippen molar-refractivity contribution in [2.24, 2.45) is 0 Å². The Bertz CT molecular complexity index is 696. The van der Waals surface area contributed by atoms with Gasteiger partial charge in [-0.25, -0.2) is 0 Å². The lowest BCUT2D eigenvalue weighted by molar-refractivity contribution is -0.137. The summed E-state index contributed by atoms with van der Waals surface area (Å²) in [5.41, 5.74) is 1.01. The van der Waals surface area contributed by atoms with Crippen LogP contribution in [-0.4, -0.2) is 20.0 Å². The van der Waals surface area contributed by atoms with Gasteiger partial charge in [0.1, 0.15) is 0 Å². The summed E-state index contributed by atoms with van der Waals surface area (Å²) in [7, 11) is 3.69.